The van der Waals surface area contributed by atoms with Gasteiger partial charge in [-0.1, -0.05) is 6.92 Å². The van der Waals surface area contributed by atoms with Crippen LogP contribution in [0.5, 0.6) is 0 Å². The fourth-order valence-electron chi connectivity index (χ4n) is 3.36. The van der Waals surface area contributed by atoms with Gasteiger partial charge < -0.3 is 21.1 Å². The smallest absolute Gasteiger partial charge is 0.414 e. The maximum absolute atomic E-state index is 14.9. The Kier molecular flexibility index (Phi) is 7.72. The first-order chi connectivity index (χ1) is 15.4. The number of nitrogens with one attached hydrogen (secondary N) is 2. The molecule has 1 atom stereocenters. The highest BCUT2D eigenvalue weighted by Crippen LogP contribution is 2.29. The summed E-state index contributed by atoms with van der Waals surface area (Å²) in [6.07, 6.45) is 1.99. The number of aromatic nitrogens is 1. The van der Waals surface area contributed by atoms with Crippen LogP contribution >= 0.6 is 0 Å². The van der Waals surface area contributed by atoms with E-state index in [0.29, 0.717) is 29.2 Å². The molecule has 0 radical (unpaired) electrons. The van der Waals surface area contributed by atoms with E-state index in [1.807, 2.05) is 11.5 Å². The molecule has 32 heavy (non-hydrogen) atoms. The van der Waals surface area contributed by atoms with Gasteiger partial charge >= 0.3 is 6.09 Å². The van der Waals surface area contributed by atoms with Crippen LogP contribution in [0.4, 0.5) is 20.7 Å². The van der Waals surface area contributed by atoms with Gasteiger partial charge in [0.2, 0.25) is 5.91 Å². The molecule has 1 saturated heterocycles. The fourth-order valence-corrected chi connectivity index (χ4v) is 3.36. The van der Waals surface area contributed by atoms with Crippen molar-refractivity contribution >= 4 is 29.8 Å². The standard InChI is InChI=1S/C22H27FN6O3/c1-3-25-8-9-28(14-24)21-7-4-16(11-27-21)19-6-5-17(10-20(19)23)29-13-18(32-22(29)31)12-26-15(2)30/h4-7,10-11,14,18,24-25H,3,8-9,12-13H2,1-2H3,(H,26,30)/p+1/t18-/m0/s1. The number of pyridine rings is 1. The minimum atomic E-state index is -0.575. The van der Waals surface area contributed by atoms with Gasteiger partial charge in [0.1, 0.15) is 18.1 Å². The van der Waals surface area contributed by atoms with Gasteiger partial charge in [-0.05, 0) is 30.8 Å². The molecule has 0 spiro atoms. The molecule has 0 aliphatic carbocycles. The zero-order valence-corrected chi connectivity index (χ0v) is 18.2. The van der Waals surface area contributed by atoms with E-state index in [1.54, 1.807) is 30.5 Å². The van der Waals surface area contributed by atoms with Crippen molar-refractivity contribution in [3.8, 4) is 11.1 Å². The summed E-state index contributed by atoms with van der Waals surface area (Å²) in [6, 6.07) is 8.11. The van der Waals surface area contributed by atoms with Crippen molar-refractivity contribution < 1.29 is 23.3 Å². The van der Waals surface area contributed by atoms with Crippen molar-refractivity contribution in [2.24, 2.45) is 5.73 Å². The van der Waals surface area contributed by atoms with E-state index in [-0.39, 0.29) is 19.0 Å². The number of nitrogens with two attached hydrogens (primary N) is 1. The van der Waals surface area contributed by atoms with Gasteiger partial charge in [0, 0.05) is 30.7 Å². The molecule has 0 bridgehead atoms. The topological polar surface area (TPSA) is 113 Å². The zero-order chi connectivity index (χ0) is 23.1. The van der Waals surface area contributed by atoms with E-state index in [2.05, 4.69) is 15.6 Å². The van der Waals surface area contributed by atoms with Gasteiger partial charge in [0.15, 0.2) is 6.34 Å². The molecule has 0 unspecified atom stereocenters. The Hall–Kier alpha value is -3.53. The molecule has 1 aliphatic heterocycles. The zero-order valence-electron chi connectivity index (χ0n) is 18.2. The number of cyclic esters (lactones) is 1. The molecule has 1 fully saturated rings. The van der Waals surface area contributed by atoms with Crippen LogP contribution in [0.1, 0.15) is 13.8 Å². The van der Waals surface area contributed by atoms with Crippen LogP contribution in [0.2, 0.25) is 0 Å². The molecular weight excluding hydrogens is 415 g/mol. The number of anilines is 1. The van der Waals surface area contributed by atoms with Crippen molar-refractivity contribution in [3.63, 3.8) is 0 Å². The van der Waals surface area contributed by atoms with Crippen LogP contribution in [-0.2, 0) is 9.53 Å². The average Bonchev–Trinajstić information content (AvgIpc) is 3.16. The third-order valence-electron chi connectivity index (χ3n) is 5.03. The monoisotopic (exact) mass is 443 g/mol. The summed E-state index contributed by atoms with van der Waals surface area (Å²) in [5.74, 6) is -0.0274. The van der Waals surface area contributed by atoms with E-state index < -0.39 is 18.0 Å². The minimum absolute atomic E-state index is 0.209. The number of likely N-dealkylation sites (N-methyl/N-ethyl adjacent to an activating group) is 1. The summed E-state index contributed by atoms with van der Waals surface area (Å²) >= 11 is 0. The number of hydrogen-bond acceptors (Lipinski definition) is 5. The first-order valence-corrected chi connectivity index (χ1v) is 10.4. The molecule has 0 saturated carbocycles. The number of hydrogen-bond donors (Lipinski definition) is 3. The number of ether oxygens (including phenoxy) is 1. The lowest BCUT2D eigenvalue weighted by molar-refractivity contribution is -0.438. The van der Waals surface area contributed by atoms with Gasteiger partial charge in [-0.2, -0.15) is 0 Å². The summed E-state index contributed by atoms with van der Waals surface area (Å²) in [4.78, 5) is 29.0. The third kappa shape index (κ3) is 5.58. The Morgan fingerprint density at radius 1 is 1.41 bits per heavy atom. The van der Waals surface area contributed by atoms with Crippen molar-refractivity contribution in [1.82, 2.24) is 15.6 Å². The predicted molar refractivity (Wildman–Crippen MR) is 120 cm³/mol. The summed E-state index contributed by atoms with van der Waals surface area (Å²) in [6.45, 7) is 6.14. The Bertz CT molecular complexity index is 996. The van der Waals surface area contributed by atoms with E-state index in [1.165, 1.54) is 24.2 Å². The second-order valence-electron chi connectivity index (χ2n) is 7.32. The molecule has 1 aromatic carbocycles. The quantitative estimate of drug-likeness (QED) is 0.235. The summed E-state index contributed by atoms with van der Waals surface area (Å²) in [5, 5.41) is 5.84. The maximum atomic E-state index is 14.9. The van der Waals surface area contributed by atoms with Crippen molar-refractivity contribution in [2.45, 2.75) is 20.0 Å². The highest BCUT2D eigenvalue weighted by atomic mass is 19.1. The highest BCUT2D eigenvalue weighted by Gasteiger charge is 2.32. The van der Waals surface area contributed by atoms with E-state index >= 15 is 0 Å². The first-order valence-electron chi connectivity index (χ1n) is 10.4. The second kappa shape index (κ2) is 10.7. The normalized spacial score (nSPS) is 16.2. The van der Waals surface area contributed by atoms with Crippen LogP contribution in [0.15, 0.2) is 36.5 Å². The Labute approximate surface area is 186 Å². The Balaban J connectivity index is 1.71. The first kappa shape index (κ1) is 23.1. The SMILES string of the molecule is CCNCC[N+](=CN)c1ccc(-c2ccc(N3C[C@H](CNC(C)=O)OC3=O)cc2F)cn1. The van der Waals surface area contributed by atoms with E-state index in [4.69, 9.17) is 10.5 Å². The van der Waals surface area contributed by atoms with Crippen LogP contribution in [-0.4, -0.2) is 66.7 Å². The molecule has 2 amide bonds. The molecule has 4 N–H and O–H groups in total. The van der Waals surface area contributed by atoms with Crippen LogP contribution in [0.25, 0.3) is 11.1 Å². The van der Waals surface area contributed by atoms with Gasteiger partial charge in [-0.25, -0.2) is 13.8 Å². The average molecular weight is 444 g/mol. The minimum Gasteiger partial charge on any atom is -0.442 e. The van der Waals surface area contributed by atoms with Crippen LogP contribution < -0.4 is 21.3 Å². The summed E-state index contributed by atoms with van der Waals surface area (Å²) < 4.78 is 21.9. The van der Waals surface area contributed by atoms with Gasteiger partial charge in [0.05, 0.1) is 25.3 Å². The third-order valence-corrected chi connectivity index (χ3v) is 5.03. The highest BCUT2D eigenvalue weighted by molar-refractivity contribution is 5.90. The molecule has 2 heterocycles. The summed E-state index contributed by atoms with van der Waals surface area (Å²) in [7, 11) is 0. The number of halogens is 1. The molecule has 1 aliphatic rings. The number of carbonyl (C=O) groups is 2. The number of carbonyl (C=O) groups excluding carboxylic acids is 2. The number of nitrogens with zero attached hydrogens (tertiary/aromatic N) is 3. The number of amides is 2. The van der Waals surface area contributed by atoms with Crippen LogP contribution in [0.3, 0.4) is 0 Å². The Morgan fingerprint density at radius 3 is 2.84 bits per heavy atom. The van der Waals surface area contributed by atoms with Crippen molar-refractivity contribution in [1.29, 1.82) is 0 Å². The Morgan fingerprint density at radius 2 is 2.22 bits per heavy atom. The van der Waals surface area contributed by atoms with Crippen LogP contribution in [0, 0.1) is 5.82 Å². The predicted octanol–water partition coefficient (Wildman–Crippen LogP) is 1.59. The number of rotatable bonds is 9. The largest absolute Gasteiger partial charge is 0.442 e. The molecule has 9 nitrogen and oxygen atoms in total. The van der Waals surface area contributed by atoms with E-state index in [0.717, 1.165) is 13.1 Å². The fraction of sp³-hybridized carbons (Fsp3) is 0.364. The second-order valence-corrected chi connectivity index (χ2v) is 7.32. The lowest BCUT2D eigenvalue weighted by Crippen LogP contribution is -2.33. The van der Waals surface area contributed by atoms with Gasteiger partial charge in [0.25, 0.3) is 5.82 Å². The van der Waals surface area contributed by atoms with Gasteiger partial charge in [-0.3, -0.25) is 9.69 Å². The molecule has 1 aromatic heterocycles. The lowest BCUT2D eigenvalue weighted by atomic mass is 10.1. The van der Waals surface area contributed by atoms with Crippen molar-refractivity contribution in [3.05, 3.63) is 42.3 Å². The van der Waals surface area contributed by atoms with Gasteiger partial charge in [-0.15, -0.1) is 4.98 Å². The maximum Gasteiger partial charge on any atom is 0.414 e. The molecule has 10 heteroatoms. The molecule has 170 valence electrons. The van der Waals surface area contributed by atoms with E-state index in [9.17, 15) is 14.0 Å². The molecular formula is C22H28FN6O3+. The lowest BCUT2D eigenvalue weighted by Gasteiger charge is -2.14. The molecule has 3 rings (SSSR count). The summed E-state index contributed by atoms with van der Waals surface area (Å²) in [5.41, 5.74) is 7.06. The van der Waals surface area contributed by atoms with Crippen molar-refractivity contribution in [2.75, 3.05) is 37.6 Å². The number of benzene rings is 1. The molecule has 2 aromatic rings.